The van der Waals surface area contributed by atoms with Gasteiger partial charge >= 0.3 is 5.69 Å². The van der Waals surface area contributed by atoms with Crippen LogP contribution in [0.25, 0.3) is 0 Å². The van der Waals surface area contributed by atoms with Gasteiger partial charge in [-0.25, -0.2) is 4.79 Å². The Labute approximate surface area is 103 Å². The summed E-state index contributed by atoms with van der Waals surface area (Å²) >= 11 is 0. The van der Waals surface area contributed by atoms with Crippen LogP contribution in [0, 0.1) is 0 Å². The molecule has 0 aliphatic carbocycles. The average Bonchev–Trinajstić information content (AvgIpc) is 2.33. The fourth-order valence-corrected chi connectivity index (χ4v) is 1.67. The van der Waals surface area contributed by atoms with Crippen molar-refractivity contribution < 1.29 is 9.28 Å². The average molecular weight is 257 g/mol. The third kappa shape index (κ3) is 3.06. The van der Waals surface area contributed by atoms with Crippen LogP contribution in [0.5, 0.6) is 0 Å². The van der Waals surface area contributed by atoms with Gasteiger partial charge in [0.25, 0.3) is 11.5 Å². The highest BCUT2D eigenvalue weighted by atomic mass is 19.2. The lowest BCUT2D eigenvalue weighted by molar-refractivity contribution is 0.0987. The molecule has 0 aromatic carbocycles. The minimum Gasteiger partial charge on any atom is -0.364 e. The number of unbranched alkanes of at least 4 members (excludes halogenated alkanes) is 3. The molecular formula is C11H16FN3O3. The van der Waals surface area contributed by atoms with Gasteiger partial charge in [0, 0.05) is 12.6 Å². The number of halogens is 1. The predicted octanol–water partition coefficient (Wildman–Crippen LogP) is 0.422. The summed E-state index contributed by atoms with van der Waals surface area (Å²) in [6.07, 6.45) is 3.47. The van der Waals surface area contributed by atoms with Crippen LogP contribution in [0.15, 0.2) is 15.7 Å². The predicted molar refractivity (Wildman–Crippen MR) is 64.1 cm³/mol. The zero-order valence-electron chi connectivity index (χ0n) is 10.2. The maximum absolute atomic E-state index is 13.1. The molecule has 0 bridgehead atoms. The molecule has 1 aromatic heterocycles. The highest BCUT2D eigenvalue weighted by Gasteiger charge is 2.14. The molecule has 0 fully saturated rings. The summed E-state index contributed by atoms with van der Waals surface area (Å²) in [5.41, 5.74) is 2.47. The molecule has 6 nitrogen and oxygen atoms in total. The lowest BCUT2D eigenvalue weighted by Crippen LogP contribution is -2.40. The standard InChI is InChI=1S/C11H16FN3O3/c1-2-3-4-5-6-14-8(10(13)17)7-9(16)15(12)11(14)18/h7H,2-6H2,1H3,(H2,13,17). The van der Waals surface area contributed by atoms with Gasteiger partial charge in [0.05, 0.1) is 0 Å². The van der Waals surface area contributed by atoms with Gasteiger partial charge < -0.3 is 5.73 Å². The monoisotopic (exact) mass is 257 g/mol. The van der Waals surface area contributed by atoms with Gasteiger partial charge in [-0.3, -0.25) is 14.2 Å². The van der Waals surface area contributed by atoms with Crippen LogP contribution in [-0.4, -0.2) is 15.3 Å². The van der Waals surface area contributed by atoms with Crippen molar-refractivity contribution in [3.05, 3.63) is 32.6 Å². The number of rotatable bonds is 6. The van der Waals surface area contributed by atoms with E-state index in [4.69, 9.17) is 5.73 Å². The normalized spacial score (nSPS) is 10.6. The minimum atomic E-state index is -1.18. The lowest BCUT2D eigenvalue weighted by atomic mass is 10.2. The maximum Gasteiger partial charge on any atom is 0.360 e. The zero-order valence-corrected chi connectivity index (χ0v) is 10.2. The number of nitrogens with zero attached hydrogens (tertiary/aromatic N) is 2. The molecule has 0 aliphatic heterocycles. The number of carbonyl (C=O) groups excluding carboxylic acids is 1. The Hall–Kier alpha value is -1.92. The molecule has 2 N–H and O–H groups in total. The van der Waals surface area contributed by atoms with Crippen LogP contribution >= 0.6 is 0 Å². The van der Waals surface area contributed by atoms with Crippen molar-refractivity contribution in [1.29, 1.82) is 0 Å². The van der Waals surface area contributed by atoms with E-state index in [0.717, 1.165) is 29.9 Å². The van der Waals surface area contributed by atoms with Crippen molar-refractivity contribution in [1.82, 2.24) is 9.36 Å². The molecule has 1 aromatic rings. The molecule has 0 saturated heterocycles. The van der Waals surface area contributed by atoms with E-state index in [9.17, 15) is 18.9 Å². The van der Waals surface area contributed by atoms with Crippen molar-refractivity contribution in [2.24, 2.45) is 5.73 Å². The Morgan fingerprint density at radius 3 is 2.56 bits per heavy atom. The largest absolute Gasteiger partial charge is 0.364 e. The number of primary amides is 1. The number of nitrogens with two attached hydrogens (primary N) is 1. The topological polar surface area (TPSA) is 87.1 Å². The summed E-state index contributed by atoms with van der Waals surface area (Å²) < 4.78 is 14.0. The van der Waals surface area contributed by atoms with Gasteiger partial charge in [0.1, 0.15) is 5.69 Å². The third-order valence-corrected chi connectivity index (χ3v) is 2.63. The second-order valence-corrected chi connectivity index (χ2v) is 4.01. The Morgan fingerprint density at radius 2 is 2.00 bits per heavy atom. The van der Waals surface area contributed by atoms with Crippen LogP contribution < -0.4 is 17.0 Å². The van der Waals surface area contributed by atoms with Crippen molar-refractivity contribution in [3.63, 3.8) is 0 Å². The summed E-state index contributed by atoms with van der Waals surface area (Å²) in [6, 6.07) is 0.740. The van der Waals surface area contributed by atoms with Gasteiger partial charge in [-0.15, -0.1) is 0 Å². The molecule has 0 unspecified atom stereocenters. The van der Waals surface area contributed by atoms with Crippen molar-refractivity contribution >= 4 is 5.91 Å². The van der Waals surface area contributed by atoms with Gasteiger partial charge in [0.2, 0.25) is 0 Å². The second kappa shape index (κ2) is 6.13. The van der Waals surface area contributed by atoms with Gasteiger partial charge in [0.15, 0.2) is 0 Å². The molecule has 1 amide bonds. The second-order valence-electron chi connectivity index (χ2n) is 4.01. The first-order chi connectivity index (χ1) is 8.49. The Kier molecular flexibility index (Phi) is 4.82. The molecule has 100 valence electrons. The summed E-state index contributed by atoms with van der Waals surface area (Å²) in [7, 11) is 0. The molecule has 0 radical (unpaired) electrons. The zero-order chi connectivity index (χ0) is 13.7. The molecule has 18 heavy (non-hydrogen) atoms. The van der Waals surface area contributed by atoms with Crippen molar-refractivity contribution in [2.75, 3.05) is 0 Å². The van der Waals surface area contributed by atoms with E-state index >= 15 is 0 Å². The summed E-state index contributed by atoms with van der Waals surface area (Å²) in [5, 5.41) is 0. The van der Waals surface area contributed by atoms with Crippen molar-refractivity contribution in [2.45, 2.75) is 39.2 Å². The summed E-state index contributed by atoms with van der Waals surface area (Å²) in [6.45, 7) is 2.20. The molecular weight excluding hydrogens is 241 g/mol. The van der Waals surface area contributed by atoms with E-state index in [2.05, 4.69) is 0 Å². The molecule has 0 atom stereocenters. The molecule has 0 aliphatic rings. The van der Waals surface area contributed by atoms with E-state index in [1.807, 2.05) is 6.92 Å². The van der Waals surface area contributed by atoms with Crippen LogP contribution in [0.2, 0.25) is 0 Å². The maximum atomic E-state index is 13.1. The number of amides is 1. The van der Waals surface area contributed by atoms with Gasteiger partial charge in [-0.05, 0) is 6.42 Å². The fraction of sp³-hybridized carbons (Fsp3) is 0.545. The number of hydrogen-bond donors (Lipinski definition) is 1. The molecule has 1 rings (SSSR count). The first-order valence-corrected chi connectivity index (χ1v) is 5.82. The summed E-state index contributed by atoms with van der Waals surface area (Å²) in [5.74, 6) is -0.916. The molecule has 0 spiro atoms. The number of aromatic nitrogens is 2. The van der Waals surface area contributed by atoms with Crippen LogP contribution in [0.1, 0.15) is 43.1 Å². The lowest BCUT2D eigenvalue weighted by Gasteiger charge is -2.09. The van der Waals surface area contributed by atoms with E-state index in [1.165, 1.54) is 0 Å². The number of carbonyl (C=O) groups is 1. The van der Waals surface area contributed by atoms with E-state index < -0.39 is 21.9 Å². The highest BCUT2D eigenvalue weighted by molar-refractivity contribution is 5.90. The molecule has 7 heteroatoms. The molecule has 0 saturated carbocycles. The Balaban J connectivity index is 3.08. The van der Waals surface area contributed by atoms with Crippen molar-refractivity contribution in [3.8, 4) is 0 Å². The first-order valence-electron chi connectivity index (χ1n) is 5.82. The highest BCUT2D eigenvalue weighted by Crippen LogP contribution is 2.02. The Morgan fingerprint density at radius 1 is 1.33 bits per heavy atom. The Bertz CT molecular complexity index is 547. The smallest absolute Gasteiger partial charge is 0.360 e. The van der Waals surface area contributed by atoms with Crippen LogP contribution in [-0.2, 0) is 6.54 Å². The van der Waals surface area contributed by atoms with Crippen LogP contribution in [0.3, 0.4) is 0 Å². The third-order valence-electron chi connectivity index (χ3n) is 2.63. The summed E-state index contributed by atoms with van der Waals surface area (Å²) in [4.78, 5) is 33.2. The molecule has 1 heterocycles. The minimum absolute atomic E-state index is 0.168. The quantitative estimate of drug-likeness (QED) is 0.749. The van der Waals surface area contributed by atoms with E-state index in [-0.39, 0.29) is 12.2 Å². The van der Waals surface area contributed by atoms with Gasteiger partial charge in [-0.1, -0.05) is 35.5 Å². The van der Waals surface area contributed by atoms with Gasteiger partial charge in [-0.2, -0.15) is 0 Å². The first kappa shape index (κ1) is 14.1. The van der Waals surface area contributed by atoms with Crippen LogP contribution in [0.4, 0.5) is 4.48 Å². The van der Waals surface area contributed by atoms with E-state index in [0.29, 0.717) is 6.42 Å². The fourth-order valence-electron chi connectivity index (χ4n) is 1.67. The SMILES string of the molecule is CCCCCCn1c(C(N)=O)cc(=O)n(F)c1=O. The number of hydrogen-bond acceptors (Lipinski definition) is 3. The van der Waals surface area contributed by atoms with E-state index in [1.54, 1.807) is 0 Å².